The van der Waals surface area contributed by atoms with Crippen LogP contribution < -0.4 is 9.64 Å². The van der Waals surface area contributed by atoms with E-state index in [4.69, 9.17) is 10.1 Å². The monoisotopic (exact) mass is 238 g/mol. The second-order valence-corrected chi connectivity index (χ2v) is 4.29. The third kappa shape index (κ3) is 1.64. The van der Waals surface area contributed by atoms with Gasteiger partial charge in [0.05, 0.1) is 13.7 Å². The Kier molecular flexibility index (Phi) is 2.52. The molecule has 0 saturated heterocycles. The number of ether oxygens (including phenoxy) is 1. The Hall–Kier alpha value is -2.29. The molecule has 0 aromatic heterocycles. The highest BCUT2D eigenvalue weighted by Crippen LogP contribution is 2.29. The van der Waals surface area contributed by atoms with Crippen LogP contribution in [0, 0.1) is 5.41 Å². The van der Waals surface area contributed by atoms with Crippen LogP contribution in [0.3, 0.4) is 0 Å². The lowest BCUT2D eigenvalue weighted by Gasteiger charge is -2.18. The molecule has 2 aromatic rings. The van der Waals surface area contributed by atoms with E-state index in [2.05, 4.69) is 6.07 Å². The zero-order valence-electron chi connectivity index (χ0n) is 10.2. The molecule has 18 heavy (non-hydrogen) atoms. The van der Waals surface area contributed by atoms with Gasteiger partial charge >= 0.3 is 0 Å². The molecule has 2 aromatic carbocycles. The summed E-state index contributed by atoms with van der Waals surface area (Å²) < 4.78 is 5.23. The predicted octanol–water partition coefficient (Wildman–Crippen LogP) is 3.04. The Morgan fingerprint density at radius 2 is 1.94 bits per heavy atom. The first-order chi connectivity index (χ1) is 8.79. The summed E-state index contributed by atoms with van der Waals surface area (Å²) >= 11 is 0. The van der Waals surface area contributed by atoms with Gasteiger partial charge in [0.2, 0.25) is 0 Å². The molecule has 3 nitrogen and oxygen atoms in total. The summed E-state index contributed by atoms with van der Waals surface area (Å²) in [7, 11) is 1.66. The molecular formula is C15H14N2O. The number of fused-ring (bicyclic) bond motifs is 1. The zero-order chi connectivity index (χ0) is 12.5. The minimum atomic E-state index is 0.554. The fraction of sp³-hybridized carbons (Fsp3) is 0.133. The Labute approximate surface area is 106 Å². The van der Waals surface area contributed by atoms with Crippen LogP contribution in [0.15, 0.2) is 48.5 Å². The van der Waals surface area contributed by atoms with Crippen molar-refractivity contribution in [3.05, 3.63) is 59.7 Å². The number of rotatable bonds is 2. The van der Waals surface area contributed by atoms with Gasteiger partial charge < -0.3 is 9.64 Å². The second-order valence-electron chi connectivity index (χ2n) is 4.29. The Morgan fingerprint density at radius 3 is 2.72 bits per heavy atom. The number of hydrogen-bond acceptors (Lipinski definition) is 2. The number of anilines is 1. The SMILES string of the molecule is COc1cccc(N2Cc3ccccc3C2=N)c1. The van der Waals surface area contributed by atoms with Crippen molar-refractivity contribution >= 4 is 11.5 Å². The van der Waals surface area contributed by atoms with E-state index in [-0.39, 0.29) is 0 Å². The molecule has 90 valence electrons. The van der Waals surface area contributed by atoms with E-state index in [0.29, 0.717) is 5.84 Å². The summed E-state index contributed by atoms with van der Waals surface area (Å²) in [6, 6.07) is 15.9. The van der Waals surface area contributed by atoms with Crippen molar-refractivity contribution in [3.63, 3.8) is 0 Å². The van der Waals surface area contributed by atoms with Crippen molar-refractivity contribution in [2.24, 2.45) is 0 Å². The maximum Gasteiger partial charge on any atom is 0.133 e. The molecule has 0 bridgehead atoms. The lowest BCUT2D eigenvalue weighted by molar-refractivity contribution is 0.415. The van der Waals surface area contributed by atoms with Crippen molar-refractivity contribution in [2.45, 2.75) is 6.54 Å². The van der Waals surface area contributed by atoms with Crippen LogP contribution in [-0.4, -0.2) is 12.9 Å². The highest BCUT2D eigenvalue weighted by atomic mass is 16.5. The summed E-state index contributed by atoms with van der Waals surface area (Å²) in [6.45, 7) is 0.752. The van der Waals surface area contributed by atoms with Crippen LogP contribution in [0.4, 0.5) is 5.69 Å². The molecule has 1 aliphatic rings. The van der Waals surface area contributed by atoms with E-state index >= 15 is 0 Å². The summed E-state index contributed by atoms with van der Waals surface area (Å²) in [5.74, 6) is 1.37. The number of benzene rings is 2. The Bertz CT molecular complexity index is 607. The molecule has 0 unspecified atom stereocenters. The normalized spacial score (nSPS) is 13.6. The van der Waals surface area contributed by atoms with Crippen molar-refractivity contribution in [3.8, 4) is 5.75 Å². The van der Waals surface area contributed by atoms with Gasteiger partial charge in [0.25, 0.3) is 0 Å². The van der Waals surface area contributed by atoms with Gasteiger partial charge in [-0.3, -0.25) is 5.41 Å². The van der Waals surface area contributed by atoms with Crippen molar-refractivity contribution < 1.29 is 4.74 Å². The fourth-order valence-corrected chi connectivity index (χ4v) is 2.28. The van der Waals surface area contributed by atoms with E-state index in [0.717, 1.165) is 23.5 Å². The largest absolute Gasteiger partial charge is 0.497 e. The van der Waals surface area contributed by atoms with Gasteiger partial charge in [-0.25, -0.2) is 0 Å². The van der Waals surface area contributed by atoms with E-state index in [1.165, 1.54) is 5.56 Å². The lowest BCUT2D eigenvalue weighted by Crippen LogP contribution is -2.22. The van der Waals surface area contributed by atoms with E-state index in [1.807, 2.05) is 47.4 Å². The highest BCUT2D eigenvalue weighted by molar-refractivity contribution is 6.11. The summed E-state index contributed by atoms with van der Waals surface area (Å²) in [5, 5.41) is 8.24. The smallest absolute Gasteiger partial charge is 0.133 e. The predicted molar refractivity (Wildman–Crippen MR) is 72.4 cm³/mol. The van der Waals surface area contributed by atoms with Crippen LogP contribution in [0.5, 0.6) is 5.75 Å². The van der Waals surface area contributed by atoms with E-state index < -0.39 is 0 Å². The first kappa shape index (κ1) is 10.8. The van der Waals surface area contributed by atoms with Gasteiger partial charge in [-0.15, -0.1) is 0 Å². The average molecular weight is 238 g/mol. The van der Waals surface area contributed by atoms with Crippen LogP contribution in [0.25, 0.3) is 0 Å². The van der Waals surface area contributed by atoms with Gasteiger partial charge in [-0.05, 0) is 17.7 Å². The fourth-order valence-electron chi connectivity index (χ4n) is 2.28. The van der Waals surface area contributed by atoms with Gasteiger partial charge in [0.1, 0.15) is 11.6 Å². The van der Waals surface area contributed by atoms with Crippen molar-refractivity contribution in [1.29, 1.82) is 5.41 Å². The number of nitrogens with zero attached hydrogens (tertiary/aromatic N) is 1. The lowest BCUT2D eigenvalue weighted by atomic mass is 10.1. The molecule has 3 heteroatoms. The molecule has 0 atom stereocenters. The highest BCUT2D eigenvalue weighted by Gasteiger charge is 2.24. The zero-order valence-corrected chi connectivity index (χ0v) is 10.2. The molecule has 1 N–H and O–H groups in total. The number of hydrogen-bond donors (Lipinski definition) is 1. The maximum atomic E-state index is 8.24. The van der Waals surface area contributed by atoms with E-state index in [1.54, 1.807) is 7.11 Å². The third-order valence-corrected chi connectivity index (χ3v) is 3.24. The Balaban J connectivity index is 1.98. The molecule has 1 aliphatic heterocycles. The van der Waals surface area contributed by atoms with Crippen molar-refractivity contribution in [1.82, 2.24) is 0 Å². The standard InChI is InChI=1S/C15H14N2O/c1-18-13-7-4-6-12(9-13)17-10-11-5-2-3-8-14(11)15(17)16/h2-9,16H,10H2,1H3. The number of methoxy groups -OCH3 is 1. The maximum absolute atomic E-state index is 8.24. The average Bonchev–Trinajstić information content (AvgIpc) is 2.77. The van der Waals surface area contributed by atoms with Crippen molar-refractivity contribution in [2.75, 3.05) is 12.0 Å². The molecule has 1 heterocycles. The molecule has 0 saturated carbocycles. The minimum absolute atomic E-state index is 0.554. The minimum Gasteiger partial charge on any atom is -0.497 e. The topological polar surface area (TPSA) is 36.3 Å². The molecule has 0 radical (unpaired) electrons. The molecule has 0 spiro atoms. The molecule has 3 rings (SSSR count). The van der Waals surface area contributed by atoms with Crippen LogP contribution >= 0.6 is 0 Å². The summed E-state index contributed by atoms with van der Waals surface area (Å²) in [5.41, 5.74) is 3.21. The number of amidine groups is 1. The molecule has 0 amide bonds. The summed E-state index contributed by atoms with van der Waals surface area (Å²) in [6.07, 6.45) is 0. The Morgan fingerprint density at radius 1 is 1.11 bits per heavy atom. The van der Waals surface area contributed by atoms with Gasteiger partial charge in [0, 0.05) is 17.3 Å². The van der Waals surface area contributed by atoms with Gasteiger partial charge in [-0.2, -0.15) is 0 Å². The van der Waals surface area contributed by atoms with E-state index in [9.17, 15) is 0 Å². The van der Waals surface area contributed by atoms with Crippen LogP contribution in [0.1, 0.15) is 11.1 Å². The summed E-state index contributed by atoms with van der Waals surface area (Å²) in [4.78, 5) is 1.99. The quantitative estimate of drug-likeness (QED) is 0.873. The first-order valence-corrected chi connectivity index (χ1v) is 5.88. The molecule has 0 aliphatic carbocycles. The van der Waals surface area contributed by atoms with Crippen LogP contribution in [0.2, 0.25) is 0 Å². The van der Waals surface area contributed by atoms with Crippen LogP contribution in [-0.2, 0) is 6.54 Å². The molecule has 0 fully saturated rings. The third-order valence-electron chi connectivity index (χ3n) is 3.24. The number of nitrogens with one attached hydrogen (secondary N) is 1. The van der Waals surface area contributed by atoms with Gasteiger partial charge in [-0.1, -0.05) is 30.3 Å². The second kappa shape index (κ2) is 4.18. The van der Waals surface area contributed by atoms with Gasteiger partial charge in [0.15, 0.2) is 0 Å². The first-order valence-electron chi connectivity index (χ1n) is 5.88. The molecular weight excluding hydrogens is 224 g/mol.